The lowest BCUT2D eigenvalue weighted by atomic mass is 9.73. The standard InChI is InChI=1S/C26H49N7O3/c1-17(34)33(18(2)35)24-30-22(29-23(31-24)28-20-11-9-8-10-12-20)27-14-13-21(36-7)19-15-25(3,4)32-26(5,6)16-19/h17-21,32,34-35H,8-16H2,1-7H3,(H2,27,28,29,30,31). The molecule has 1 saturated carbocycles. The average molecular weight is 508 g/mol. The number of aliphatic hydroxyl groups is 2. The first kappa shape index (κ1) is 28.8. The molecule has 10 nitrogen and oxygen atoms in total. The van der Waals surface area contributed by atoms with Crippen molar-refractivity contribution >= 4 is 17.8 Å². The largest absolute Gasteiger partial charge is 0.381 e. The van der Waals surface area contributed by atoms with Gasteiger partial charge < -0.3 is 30.9 Å². The molecule has 5 N–H and O–H groups in total. The second-order valence-corrected chi connectivity index (χ2v) is 12.0. The number of methoxy groups -OCH3 is 1. The molecule has 0 amide bonds. The van der Waals surface area contributed by atoms with E-state index in [2.05, 4.69) is 58.6 Å². The van der Waals surface area contributed by atoms with Crippen LogP contribution >= 0.6 is 0 Å². The van der Waals surface area contributed by atoms with Crippen molar-refractivity contribution in [1.82, 2.24) is 20.3 Å². The van der Waals surface area contributed by atoms with Crippen molar-refractivity contribution in [1.29, 1.82) is 0 Å². The SMILES string of the molecule is COC(CCNc1nc(NC2CCCCC2)nc(N(C(C)O)C(C)O)n1)C1CC(C)(C)NC(C)(C)C1. The normalized spacial score (nSPS) is 23.0. The van der Waals surface area contributed by atoms with Gasteiger partial charge in [0.15, 0.2) is 0 Å². The molecule has 3 unspecified atom stereocenters. The molecule has 2 heterocycles. The highest BCUT2D eigenvalue weighted by molar-refractivity contribution is 5.44. The molecule has 3 rings (SSSR count). The number of nitrogens with one attached hydrogen (secondary N) is 3. The van der Waals surface area contributed by atoms with Gasteiger partial charge in [0, 0.05) is 30.8 Å². The van der Waals surface area contributed by atoms with Crippen LogP contribution in [0.3, 0.4) is 0 Å². The molecular formula is C26H49N7O3. The van der Waals surface area contributed by atoms with Crippen LogP contribution in [0.1, 0.15) is 92.9 Å². The zero-order chi connectivity index (χ0) is 26.5. The minimum Gasteiger partial charge on any atom is -0.381 e. The number of aromatic nitrogens is 3. The highest BCUT2D eigenvalue weighted by Gasteiger charge is 2.40. The van der Waals surface area contributed by atoms with Gasteiger partial charge in [-0.15, -0.1) is 0 Å². The fourth-order valence-electron chi connectivity index (χ4n) is 6.24. The summed E-state index contributed by atoms with van der Waals surface area (Å²) >= 11 is 0. The van der Waals surface area contributed by atoms with Crippen molar-refractivity contribution in [3.8, 4) is 0 Å². The van der Waals surface area contributed by atoms with E-state index in [1.807, 2.05) is 0 Å². The minimum absolute atomic E-state index is 0.0604. The van der Waals surface area contributed by atoms with E-state index >= 15 is 0 Å². The molecule has 1 aliphatic carbocycles. The van der Waals surface area contributed by atoms with Crippen LogP contribution in [0.5, 0.6) is 0 Å². The predicted octanol–water partition coefficient (Wildman–Crippen LogP) is 3.47. The van der Waals surface area contributed by atoms with E-state index in [0.29, 0.717) is 30.4 Å². The molecule has 206 valence electrons. The van der Waals surface area contributed by atoms with E-state index < -0.39 is 12.5 Å². The van der Waals surface area contributed by atoms with Gasteiger partial charge in [-0.05, 0) is 79.6 Å². The van der Waals surface area contributed by atoms with Gasteiger partial charge in [-0.2, -0.15) is 15.0 Å². The number of hydrogen-bond donors (Lipinski definition) is 5. The number of ether oxygens (including phenoxy) is 1. The Morgan fingerprint density at radius 2 is 1.56 bits per heavy atom. The zero-order valence-corrected chi connectivity index (χ0v) is 23.3. The number of aliphatic hydroxyl groups excluding tert-OH is 2. The summed E-state index contributed by atoms with van der Waals surface area (Å²) in [5, 5.41) is 31.1. The first-order valence-electron chi connectivity index (χ1n) is 13.6. The molecule has 0 aromatic carbocycles. The van der Waals surface area contributed by atoms with Crippen LogP contribution in [0, 0.1) is 5.92 Å². The Labute approximate surface area is 217 Å². The lowest BCUT2D eigenvalue weighted by Gasteiger charge is -2.48. The van der Waals surface area contributed by atoms with Crippen LogP contribution in [0.2, 0.25) is 0 Å². The summed E-state index contributed by atoms with van der Waals surface area (Å²) in [6.45, 7) is 12.8. The highest BCUT2D eigenvalue weighted by Crippen LogP contribution is 2.36. The van der Waals surface area contributed by atoms with Gasteiger partial charge in [0.2, 0.25) is 17.8 Å². The number of anilines is 3. The third-order valence-electron chi connectivity index (χ3n) is 7.36. The van der Waals surface area contributed by atoms with Gasteiger partial charge >= 0.3 is 0 Å². The molecule has 1 aliphatic heterocycles. The first-order chi connectivity index (χ1) is 16.9. The molecule has 0 bridgehead atoms. The minimum atomic E-state index is -0.952. The number of rotatable bonds is 11. The van der Waals surface area contributed by atoms with Gasteiger partial charge in [0.1, 0.15) is 12.5 Å². The van der Waals surface area contributed by atoms with Crippen LogP contribution in [-0.2, 0) is 4.74 Å². The number of hydrogen-bond acceptors (Lipinski definition) is 10. The van der Waals surface area contributed by atoms with Crippen molar-refractivity contribution in [3.05, 3.63) is 0 Å². The summed E-state index contributed by atoms with van der Waals surface area (Å²) in [5.74, 6) is 1.57. The molecule has 0 spiro atoms. The quantitative estimate of drug-likeness (QED) is 0.284. The van der Waals surface area contributed by atoms with E-state index in [1.54, 1.807) is 21.0 Å². The maximum absolute atomic E-state index is 10.3. The zero-order valence-electron chi connectivity index (χ0n) is 23.3. The lowest BCUT2D eigenvalue weighted by molar-refractivity contribution is -0.00438. The molecule has 1 aromatic heterocycles. The van der Waals surface area contributed by atoms with Crippen LogP contribution in [0.15, 0.2) is 0 Å². The summed E-state index contributed by atoms with van der Waals surface area (Å²) in [5.41, 5.74) is 0.121. The fourth-order valence-corrected chi connectivity index (χ4v) is 6.24. The van der Waals surface area contributed by atoms with Gasteiger partial charge in [0.25, 0.3) is 0 Å². The summed E-state index contributed by atoms with van der Waals surface area (Å²) in [6.07, 6.45) is 6.94. The Kier molecular flexibility index (Phi) is 9.76. The molecule has 2 aliphatic rings. The molecular weight excluding hydrogens is 458 g/mol. The van der Waals surface area contributed by atoms with Gasteiger partial charge in [0.05, 0.1) is 6.10 Å². The number of nitrogens with zero attached hydrogens (tertiary/aromatic N) is 4. The maximum Gasteiger partial charge on any atom is 0.236 e. The van der Waals surface area contributed by atoms with Crippen LogP contribution in [-0.4, -0.2) is 74.5 Å². The molecule has 1 aromatic rings. The first-order valence-corrected chi connectivity index (χ1v) is 13.6. The topological polar surface area (TPSA) is 128 Å². The molecule has 0 radical (unpaired) electrons. The Balaban J connectivity index is 1.73. The van der Waals surface area contributed by atoms with E-state index in [-0.39, 0.29) is 23.1 Å². The van der Waals surface area contributed by atoms with Crippen molar-refractivity contribution in [2.24, 2.45) is 5.92 Å². The maximum atomic E-state index is 10.3. The van der Waals surface area contributed by atoms with Crippen molar-refractivity contribution < 1.29 is 14.9 Å². The van der Waals surface area contributed by atoms with Crippen molar-refractivity contribution in [2.45, 2.75) is 129 Å². The van der Waals surface area contributed by atoms with Gasteiger partial charge in [-0.3, -0.25) is 4.90 Å². The summed E-state index contributed by atoms with van der Waals surface area (Å²) in [4.78, 5) is 15.1. The number of piperidine rings is 1. The molecule has 36 heavy (non-hydrogen) atoms. The van der Waals surface area contributed by atoms with Crippen molar-refractivity contribution in [2.75, 3.05) is 29.2 Å². The monoisotopic (exact) mass is 507 g/mol. The smallest absolute Gasteiger partial charge is 0.236 e. The van der Waals surface area contributed by atoms with E-state index in [1.165, 1.54) is 24.2 Å². The third-order valence-corrected chi connectivity index (χ3v) is 7.36. The van der Waals surface area contributed by atoms with Crippen LogP contribution in [0.25, 0.3) is 0 Å². The predicted molar refractivity (Wildman–Crippen MR) is 144 cm³/mol. The third kappa shape index (κ3) is 8.13. The van der Waals surface area contributed by atoms with Crippen molar-refractivity contribution in [3.63, 3.8) is 0 Å². The second-order valence-electron chi connectivity index (χ2n) is 12.0. The van der Waals surface area contributed by atoms with E-state index in [0.717, 1.165) is 32.1 Å². The fraction of sp³-hybridized carbons (Fsp3) is 0.885. The summed E-state index contributed by atoms with van der Waals surface area (Å²) in [6, 6.07) is 0.317. The van der Waals surface area contributed by atoms with Crippen LogP contribution in [0.4, 0.5) is 17.8 Å². The Hall–Kier alpha value is -1.75. The molecule has 3 atom stereocenters. The molecule has 10 heteroatoms. The highest BCUT2D eigenvalue weighted by atomic mass is 16.5. The Morgan fingerprint density at radius 3 is 2.11 bits per heavy atom. The summed E-state index contributed by atoms with van der Waals surface area (Å²) in [7, 11) is 1.79. The average Bonchev–Trinajstić information content (AvgIpc) is 2.74. The summed E-state index contributed by atoms with van der Waals surface area (Å²) < 4.78 is 5.96. The Morgan fingerprint density at radius 1 is 0.972 bits per heavy atom. The van der Waals surface area contributed by atoms with Crippen LogP contribution < -0.4 is 20.9 Å². The van der Waals surface area contributed by atoms with E-state index in [4.69, 9.17) is 4.74 Å². The van der Waals surface area contributed by atoms with Gasteiger partial charge in [-0.25, -0.2) is 0 Å². The molecule has 2 fully saturated rings. The molecule has 1 saturated heterocycles. The lowest BCUT2D eigenvalue weighted by Crippen LogP contribution is -2.59. The second kappa shape index (κ2) is 12.2. The Bertz CT molecular complexity index is 804. The van der Waals surface area contributed by atoms with Gasteiger partial charge in [-0.1, -0.05) is 19.3 Å². The van der Waals surface area contributed by atoms with E-state index in [9.17, 15) is 10.2 Å².